The summed E-state index contributed by atoms with van der Waals surface area (Å²) < 4.78 is 6.70. The van der Waals surface area contributed by atoms with Gasteiger partial charge in [0.2, 0.25) is 5.91 Å². The maximum absolute atomic E-state index is 12.5. The zero-order chi connectivity index (χ0) is 18.0. The van der Waals surface area contributed by atoms with Crippen LogP contribution in [0.5, 0.6) is 0 Å². The average Bonchev–Trinajstić information content (AvgIpc) is 3.08. The van der Waals surface area contributed by atoms with Crippen molar-refractivity contribution in [3.8, 4) is 0 Å². The standard InChI is InChI=1S/C17H23N3O5/c1-13-2-4-19(14(21)10-13)11-15(22)18-5-7-20(8-6-18)17(16(23)24)3-9-25-12-17/h2,4,10H,3,5-9,11-12H2,1H3,(H,23,24). The highest BCUT2D eigenvalue weighted by atomic mass is 16.5. The van der Waals surface area contributed by atoms with Gasteiger partial charge >= 0.3 is 5.97 Å². The molecule has 1 atom stereocenters. The molecule has 2 aliphatic rings. The highest BCUT2D eigenvalue weighted by Crippen LogP contribution is 2.27. The molecule has 3 rings (SSSR count). The van der Waals surface area contributed by atoms with Gasteiger partial charge in [-0.2, -0.15) is 0 Å². The zero-order valence-corrected chi connectivity index (χ0v) is 14.3. The van der Waals surface area contributed by atoms with Crippen molar-refractivity contribution >= 4 is 11.9 Å². The maximum atomic E-state index is 12.5. The van der Waals surface area contributed by atoms with Gasteiger partial charge in [0.15, 0.2) is 0 Å². The molecule has 1 N–H and O–H groups in total. The van der Waals surface area contributed by atoms with E-state index in [0.29, 0.717) is 39.2 Å². The van der Waals surface area contributed by atoms with Gasteiger partial charge in [0.25, 0.3) is 5.56 Å². The molecule has 8 heteroatoms. The second kappa shape index (κ2) is 6.97. The van der Waals surface area contributed by atoms with Crippen LogP contribution in [0, 0.1) is 6.92 Å². The molecule has 1 aromatic rings. The van der Waals surface area contributed by atoms with Crippen molar-refractivity contribution in [1.82, 2.24) is 14.4 Å². The van der Waals surface area contributed by atoms with Gasteiger partial charge in [0, 0.05) is 51.5 Å². The lowest BCUT2D eigenvalue weighted by molar-refractivity contribution is -0.154. The number of carboxylic acids is 1. The Morgan fingerprint density at radius 1 is 1.28 bits per heavy atom. The normalized spacial score (nSPS) is 24.4. The van der Waals surface area contributed by atoms with E-state index in [1.54, 1.807) is 17.2 Å². The van der Waals surface area contributed by atoms with Crippen LogP contribution in [0.25, 0.3) is 0 Å². The zero-order valence-electron chi connectivity index (χ0n) is 14.3. The third-order valence-corrected chi connectivity index (χ3v) is 5.09. The van der Waals surface area contributed by atoms with E-state index in [-0.39, 0.29) is 24.6 Å². The lowest BCUT2D eigenvalue weighted by atomic mass is 9.95. The Morgan fingerprint density at radius 2 is 2.00 bits per heavy atom. The van der Waals surface area contributed by atoms with Gasteiger partial charge in [-0.05, 0) is 18.6 Å². The molecule has 0 bridgehead atoms. The molecule has 3 heterocycles. The fourth-order valence-corrected chi connectivity index (χ4v) is 3.47. The topological polar surface area (TPSA) is 92.1 Å². The van der Waals surface area contributed by atoms with Gasteiger partial charge in [-0.15, -0.1) is 0 Å². The van der Waals surface area contributed by atoms with Crippen molar-refractivity contribution in [3.05, 3.63) is 34.2 Å². The van der Waals surface area contributed by atoms with E-state index in [1.807, 2.05) is 11.8 Å². The van der Waals surface area contributed by atoms with Crippen LogP contribution in [0.4, 0.5) is 0 Å². The Bertz CT molecular complexity index is 715. The second-order valence-electron chi connectivity index (χ2n) is 6.68. The van der Waals surface area contributed by atoms with Crippen LogP contribution in [0.2, 0.25) is 0 Å². The van der Waals surface area contributed by atoms with Crippen LogP contribution < -0.4 is 5.56 Å². The Hall–Kier alpha value is -2.19. The first kappa shape index (κ1) is 17.6. The molecule has 0 saturated carbocycles. The number of amides is 1. The van der Waals surface area contributed by atoms with Crippen molar-refractivity contribution < 1.29 is 19.4 Å². The summed E-state index contributed by atoms with van der Waals surface area (Å²) >= 11 is 0. The molecule has 25 heavy (non-hydrogen) atoms. The third kappa shape index (κ3) is 3.45. The summed E-state index contributed by atoms with van der Waals surface area (Å²) in [5.41, 5.74) is -0.303. The molecule has 0 spiro atoms. The van der Waals surface area contributed by atoms with E-state index in [9.17, 15) is 19.5 Å². The molecule has 1 amide bonds. The number of piperazine rings is 1. The minimum Gasteiger partial charge on any atom is -0.480 e. The maximum Gasteiger partial charge on any atom is 0.326 e. The predicted octanol–water partition coefficient (Wildman–Crippen LogP) is -0.455. The van der Waals surface area contributed by atoms with Crippen LogP contribution in [0.3, 0.4) is 0 Å². The number of carbonyl (C=O) groups is 2. The van der Waals surface area contributed by atoms with Crippen molar-refractivity contribution in [1.29, 1.82) is 0 Å². The lowest BCUT2D eigenvalue weighted by Gasteiger charge is -2.42. The van der Waals surface area contributed by atoms with Crippen LogP contribution in [-0.2, 0) is 20.9 Å². The number of carboxylic acid groups (broad SMARTS) is 1. The number of hydrogen-bond donors (Lipinski definition) is 1. The van der Waals surface area contributed by atoms with E-state index in [0.717, 1.165) is 5.56 Å². The summed E-state index contributed by atoms with van der Waals surface area (Å²) in [4.78, 5) is 39.7. The Kier molecular flexibility index (Phi) is 4.91. The van der Waals surface area contributed by atoms with Gasteiger partial charge in [-0.25, -0.2) is 0 Å². The number of carbonyl (C=O) groups excluding carboxylic acids is 1. The van der Waals surface area contributed by atoms with Gasteiger partial charge in [0.05, 0.1) is 6.61 Å². The van der Waals surface area contributed by atoms with Gasteiger partial charge in [-0.1, -0.05) is 0 Å². The summed E-state index contributed by atoms with van der Waals surface area (Å²) in [7, 11) is 0. The van der Waals surface area contributed by atoms with Gasteiger partial charge < -0.3 is 19.3 Å². The quantitative estimate of drug-likeness (QED) is 0.791. The van der Waals surface area contributed by atoms with E-state index < -0.39 is 11.5 Å². The highest BCUT2D eigenvalue weighted by Gasteiger charge is 2.48. The Labute approximate surface area is 145 Å². The minimum absolute atomic E-state index is 0.00625. The fraction of sp³-hybridized carbons (Fsp3) is 0.588. The van der Waals surface area contributed by atoms with Crippen LogP contribution in [-0.4, -0.2) is 76.3 Å². The molecular formula is C17H23N3O5. The molecule has 2 fully saturated rings. The summed E-state index contributed by atoms with van der Waals surface area (Å²) in [6.07, 6.45) is 2.09. The first-order valence-electron chi connectivity index (χ1n) is 8.43. The van der Waals surface area contributed by atoms with Crippen molar-refractivity contribution in [2.75, 3.05) is 39.4 Å². The summed E-state index contributed by atoms with van der Waals surface area (Å²) in [5, 5.41) is 9.60. The Balaban J connectivity index is 1.61. The number of rotatable bonds is 4. The summed E-state index contributed by atoms with van der Waals surface area (Å²) in [6, 6.07) is 3.30. The van der Waals surface area contributed by atoms with Gasteiger partial charge in [0.1, 0.15) is 12.1 Å². The van der Waals surface area contributed by atoms with Crippen molar-refractivity contribution in [3.63, 3.8) is 0 Å². The van der Waals surface area contributed by atoms with E-state index in [4.69, 9.17) is 4.74 Å². The number of nitrogens with zero attached hydrogens (tertiary/aromatic N) is 3. The van der Waals surface area contributed by atoms with Crippen molar-refractivity contribution in [2.24, 2.45) is 0 Å². The minimum atomic E-state index is -0.969. The number of aromatic nitrogens is 1. The Morgan fingerprint density at radius 3 is 2.56 bits per heavy atom. The largest absolute Gasteiger partial charge is 0.480 e. The second-order valence-corrected chi connectivity index (χ2v) is 6.68. The number of aliphatic carboxylic acids is 1. The molecule has 0 aliphatic carbocycles. The number of aryl methyl sites for hydroxylation is 1. The molecule has 2 saturated heterocycles. The van der Waals surface area contributed by atoms with E-state index in [2.05, 4.69) is 0 Å². The molecule has 8 nitrogen and oxygen atoms in total. The van der Waals surface area contributed by atoms with E-state index >= 15 is 0 Å². The SMILES string of the molecule is Cc1ccn(CC(=O)N2CCN(C3(C(=O)O)CCOC3)CC2)c(=O)c1. The number of ether oxygens (including phenoxy) is 1. The van der Waals surface area contributed by atoms with E-state index in [1.165, 1.54) is 10.6 Å². The monoisotopic (exact) mass is 349 g/mol. The number of pyridine rings is 1. The van der Waals surface area contributed by atoms with Crippen LogP contribution >= 0.6 is 0 Å². The number of hydrogen-bond acceptors (Lipinski definition) is 5. The molecule has 1 unspecified atom stereocenters. The highest BCUT2D eigenvalue weighted by molar-refractivity contribution is 5.80. The summed E-state index contributed by atoms with van der Waals surface area (Å²) in [6.45, 7) is 4.36. The smallest absolute Gasteiger partial charge is 0.326 e. The van der Waals surface area contributed by atoms with Crippen LogP contribution in [0.1, 0.15) is 12.0 Å². The first-order chi connectivity index (χ1) is 11.9. The molecule has 136 valence electrons. The van der Waals surface area contributed by atoms with Crippen molar-refractivity contribution in [2.45, 2.75) is 25.4 Å². The fourth-order valence-electron chi connectivity index (χ4n) is 3.47. The molecule has 0 radical (unpaired) electrons. The molecule has 2 aliphatic heterocycles. The third-order valence-electron chi connectivity index (χ3n) is 5.09. The molecular weight excluding hydrogens is 326 g/mol. The predicted molar refractivity (Wildman–Crippen MR) is 89.4 cm³/mol. The van der Waals surface area contributed by atoms with Crippen LogP contribution in [0.15, 0.2) is 23.1 Å². The van der Waals surface area contributed by atoms with Gasteiger partial charge in [-0.3, -0.25) is 19.3 Å². The lowest BCUT2D eigenvalue weighted by Crippen LogP contribution is -2.62. The molecule has 1 aromatic heterocycles. The average molecular weight is 349 g/mol. The molecule has 0 aromatic carbocycles. The first-order valence-corrected chi connectivity index (χ1v) is 8.43. The summed E-state index contributed by atoms with van der Waals surface area (Å²) in [5.74, 6) is -0.992.